The monoisotopic (exact) mass is 308 g/mol. The van der Waals surface area contributed by atoms with Crippen molar-refractivity contribution in [2.75, 3.05) is 11.1 Å². The maximum Gasteiger partial charge on any atom is 0.225 e. The second-order valence-corrected chi connectivity index (χ2v) is 7.78. The van der Waals surface area contributed by atoms with E-state index in [-0.39, 0.29) is 24.0 Å². The molecule has 114 valence electrons. The first-order valence-electron chi connectivity index (χ1n) is 6.78. The van der Waals surface area contributed by atoms with Gasteiger partial charge in [-0.25, -0.2) is 8.42 Å². The number of carbonyl (C=O) groups excluding carboxylic acids is 1. The average molecular weight is 308 g/mol. The molecule has 0 aliphatic rings. The molecule has 1 aromatic carbocycles. The van der Waals surface area contributed by atoms with Crippen molar-refractivity contribution >= 4 is 21.4 Å². The minimum atomic E-state index is -3.26. The highest BCUT2D eigenvalue weighted by Gasteiger charge is 2.24. The van der Waals surface area contributed by atoms with Crippen molar-refractivity contribution in [1.82, 2.24) is 0 Å². The molecule has 1 atom stereocenters. The van der Waals surface area contributed by atoms with Gasteiger partial charge in [0.2, 0.25) is 5.91 Å². The molecular formula is C15H20N2O3S. The van der Waals surface area contributed by atoms with Gasteiger partial charge in [0.05, 0.1) is 22.6 Å². The molecule has 0 radical (unpaired) electrons. The molecule has 6 heteroatoms. The van der Waals surface area contributed by atoms with Gasteiger partial charge in [-0.3, -0.25) is 4.79 Å². The van der Waals surface area contributed by atoms with Gasteiger partial charge in [-0.15, -0.1) is 0 Å². The zero-order valence-electron chi connectivity index (χ0n) is 12.5. The molecule has 1 unspecified atom stereocenters. The standard InChI is InChI=1S/C15H20N2O3S/c1-11(2)12(3)21(19,20)9-8-15(18)17-14-6-4-13(10-16)5-7-14/h4-7,11-12H,8-9H2,1-3H3,(H,17,18). The SMILES string of the molecule is CC(C)C(C)S(=O)(=O)CCC(=O)Nc1ccc(C#N)cc1. The van der Waals surface area contributed by atoms with Crippen LogP contribution in [0.4, 0.5) is 5.69 Å². The molecule has 1 rings (SSSR count). The van der Waals surface area contributed by atoms with E-state index >= 15 is 0 Å². The number of nitrogens with zero attached hydrogens (tertiary/aromatic N) is 1. The third-order valence-corrected chi connectivity index (χ3v) is 5.87. The smallest absolute Gasteiger partial charge is 0.225 e. The van der Waals surface area contributed by atoms with Crippen molar-refractivity contribution in [2.45, 2.75) is 32.4 Å². The van der Waals surface area contributed by atoms with Gasteiger partial charge in [0.25, 0.3) is 0 Å². The molecule has 0 saturated carbocycles. The molecule has 0 bridgehead atoms. The predicted molar refractivity (Wildman–Crippen MR) is 82.5 cm³/mol. The lowest BCUT2D eigenvalue weighted by atomic mass is 10.2. The van der Waals surface area contributed by atoms with Crippen LogP contribution in [-0.4, -0.2) is 25.3 Å². The number of hydrogen-bond acceptors (Lipinski definition) is 4. The Morgan fingerprint density at radius 2 is 1.81 bits per heavy atom. The van der Waals surface area contributed by atoms with Crippen LogP contribution in [0.1, 0.15) is 32.8 Å². The van der Waals surface area contributed by atoms with Gasteiger partial charge in [-0.1, -0.05) is 13.8 Å². The van der Waals surface area contributed by atoms with E-state index in [2.05, 4.69) is 5.32 Å². The lowest BCUT2D eigenvalue weighted by Crippen LogP contribution is -2.28. The van der Waals surface area contributed by atoms with Gasteiger partial charge >= 0.3 is 0 Å². The largest absolute Gasteiger partial charge is 0.326 e. The summed E-state index contributed by atoms with van der Waals surface area (Å²) in [6.07, 6.45) is -0.0700. The van der Waals surface area contributed by atoms with Crippen molar-refractivity contribution in [1.29, 1.82) is 5.26 Å². The molecule has 0 aromatic heterocycles. The lowest BCUT2D eigenvalue weighted by Gasteiger charge is -2.16. The van der Waals surface area contributed by atoms with Gasteiger partial charge in [-0.05, 0) is 37.1 Å². The molecule has 0 aliphatic heterocycles. The molecule has 0 fully saturated rings. The summed E-state index contributed by atoms with van der Waals surface area (Å²) in [7, 11) is -3.26. The van der Waals surface area contributed by atoms with Crippen molar-refractivity contribution < 1.29 is 13.2 Å². The number of rotatable bonds is 6. The number of amides is 1. The molecule has 1 N–H and O–H groups in total. The Bertz CT molecular complexity index is 628. The van der Waals surface area contributed by atoms with E-state index < -0.39 is 15.1 Å². The number of carbonyl (C=O) groups is 1. The summed E-state index contributed by atoms with van der Waals surface area (Å²) in [6.45, 7) is 5.36. The lowest BCUT2D eigenvalue weighted by molar-refractivity contribution is -0.115. The van der Waals surface area contributed by atoms with Crippen molar-refractivity contribution in [3.8, 4) is 6.07 Å². The first-order valence-corrected chi connectivity index (χ1v) is 8.49. The predicted octanol–water partition coefficient (Wildman–Crippen LogP) is 2.35. The van der Waals surface area contributed by atoms with E-state index in [1.807, 2.05) is 19.9 Å². The Kier molecular flexibility index (Phi) is 5.91. The number of nitriles is 1. The van der Waals surface area contributed by atoms with Crippen LogP contribution in [-0.2, 0) is 14.6 Å². The number of benzene rings is 1. The molecule has 0 saturated heterocycles. The second-order valence-electron chi connectivity index (χ2n) is 5.30. The summed E-state index contributed by atoms with van der Waals surface area (Å²) in [5.74, 6) is -0.482. The fraction of sp³-hybridized carbons (Fsp3) is 0.467. The zero-order chi connectivity index (χ0) is 16.0. The Morgan fingerprint density at radius 3 is 2.29 bits per heavy atom. The molecule has 21 heavy (non-hydrogen) atoms. The molecule has 0 aliphatic carbocycles. The molecular weight excluding hydrogens is 288 g/mol. The van der Waals surface area contributed by atoms with Gasteiger partial charge in [0.1, 0.15) is 0 Å². The maximum absolute atomic E-state index is 12.0. The highest BCUT2D eigenvalue weighted by atomic mass is 32.2. The summed E-state index contributed by atoms with van der Waals surface area (Å²) in [6, 6.07) is 8.39. The van der Waals surface area contributed by atoms with Crippen molar-refractivity contribution in [3.63, 3.8) is 0 Å². The van der Waals surface area contributed by atoms with Crippen LogP contribution in [0.2, 0.25) is 0 Å². The maximum atomic E-state index is 12.0. The molecule has 5 nitrogen and oxygen atoms in total. The summed E-state index contributed by atoms with van der Waals surface area (Å²) in [5.41, 5.74) is 1.05. The number of hydrogen-bond donors (Lipinski definition) is 1. The van der Waals surface area contributed by atoms with E-state index in [0.717, 1.165) is 0 Å². The van der Waals surface area contributed by atoms with Gasteiger partial charge in [-0.2, -0.15) is 5.26 Å². The number of anilines is 1. The zero-order valence-corrected chi connectivity index (χ0v) is 13.3. The minimum Gasteiger partial charge on any atom is -0.326 e. The summed E-state index contributed by atoms with van der Waals surface area (Å²) in [4.78, 5) is 11.8. The van der Waals surface area contributed by atoms with Crippen LogP contribution in [0.25, 0.3) is 0 Å². The normalized spacial score (nSPS) is 12.7. The van der Waals surface area contributed by atoms with Crippen LogP contribution in [0.3, 0.4) is 0 Å². The third-order valence-electron chi connectivity index (χ3n) is 3.42. The van der Waals surface area contributed by atoms with Crippen LogP contribution >= 0.6 is 0 Å². The Morgan fingerprint density at radius 1 is 1.24 bits per heavy atom. The van der Waals surface area contributed by atoms with Crippen LogP contribution in [0.5, 0.6) is 0 Å². The Labute approximate surface area is 125 Å². The van der Waals surface area contributed by atoms with Crippen LogP contribution in [0.15, 0.2) is 24.3 Å². The topological polar surface area (TPSA) is 87.0 Å². The fourth-order valence-corrected chi connectivity index (χ4v) is 3.36. The Balaban J connectivity index is 2.56. The highest BCUT2D eigenvalue weighted by molar-refractivity contribution is 7.92. The first kappa shape index (κ1) is 17.2. The summed E-state index contributed by atoms with van der Waals surface area (Å²) < 4.78 is 24.0. The summed E-state index contributed by atoms with van der Waals surface area (Å²) in [5, 5.41) is 10.8. The Hall–Kier alpha value is -1.87. The van der Waals surface area contributed by atoms with E-state index in [1.165, 1.54) is 0 Å². The van der Waals surface area contributed by atoms with E-state index in [4.69, 9.17) is 5.26 Å². The van der Waals surface area contributed by atoms with E-state index in [0.29, 0.717) is 11.3 Å². The highest BCUT2D eigenvalue weighted by Crippen LogP contribution is 2.14. The van der Waals surface area contributed by atoms with Crippen LogP contribution < -0.4 is 5.32 Å². The third kappa shape index (κ3) is 5.20. The average Bonchev–Trinajstić information content (AvgIpc) is 2.45. The van der Waals surface area contributed by atoms with E-state index in [9.17, 15) is 13.2 Å². The second kappa shape index (κ2) is 7.23. The van der Waals surface area contributed by atoms with Gasteiger partial charge < -0.3 is 5.32 Å². The van der Waals surface area contributed by atoms with Crippen molar-refractivity contribution in [2.24, 2.45) is 5.92 Å². The molecule has 1 aromatic rings. The first-order chi connectivity index (χ1) is 9.76. The number of sulfone groups is 1. The van der Waals surface area contributed by atoms with Gasteiger partial charge in [0.15, 0.2) is 9.84 Å². The van der Waals surface area contributed by atoms with Crippen LogP contribution in [0, 0.1) is 17.2 Å². The minimum absolute atomic E-state index is 0.0246. The quantitative estimate of drug-likeness (QED) is 0.874. The molecule has 0 spiro atoms. The summed E-state index contributed by atoms with van der Waals surface area (Å²) >= 11 is 0. The van der Waals surface area contributed by atoms with E-state index in [1.54, 1.807) is 31.2 Å². The van der Waals surface area contributed by atoms with Crippen molar-refractivity contribution in [3.05, 3.63) is 29.8 Å². The fourth-order valence-electron chi connectivity index (χ4n) is 1.69. The van der Waals surface area contributed by atoms with Gasteiger partial charge in [0, 0.05) is 12.1 Å². The molecule has 1 amide bonds. The number of nitrogens with one attached hydrogen (secondary N) is 1. The molecule has 0 heterocycles.